The molecule has 22 heavy (non-hydrogen) atoms. The van der Waals surface area contributed by atoms with Crippen molar-refractivity contribution in [1.82, 2.24) is 0 Å². The third kappa shape index (κ3) is 3.93. The minimum absolute atomic E-state index is 0.0393. The van der Waals surface area contributed by atoms with Crippen LogP contribution in [0.2, 0.25) is 0 Å². The first-order valence-corrected chi connectivity index (χ1v) is 7.26. The van der Waals surface area contributed by atoms with Gasteiger partial charge in [-0.25, -0.2) is 0 Å². The molecule has 0 radical (unpaired) electrons. The SMILES string of the molecule is CC(=O)c1cccc(C(N)=O)c1OOCc1cccc(Br)c1. The molecule has 0 aliphatic heterocycles. The highest BCUT2D eigenvalue weighted by Crippen LogP contribution is 2.25. The summed E-state index contributed by atoms with van der Waals surface area (Å²) in [6.45, 7) is 1.53. The molecule has 2 aromatic rings. The molecule has 114 valence electrons. The second kappa shape index (κ2) is 7.20. The maximum atomic E-state index is 11.6. The molecule has 0 aliphatic carbocycles. The normalized spacial score (nSPS) is 10.3. The van der Waals surface area contributed by atoms with Crippen LogP contribution in [0.15, 0.2) is 46.9 Å². The lowest BCUT2D eigenvalue weighted by molar-refractivity contribution is -0.217. The zero-order chi connectivity index (χ0) is 16.1. The van der Waals surface area contributed by atoms with E-state index in [-0.39, 0.29) is 29.3 Å². The Kier molecular flexibility index (Phi) is 5.30. The van der Waals surface area contributed by atoms with E-state index < -0.39 is 5.91 Å². The lowest BCUT2D eigenvalue weighted by Gasteiger charge is -2.11. The molecule has 0 spiro atoms. The van der Waals surface area contributed by atoms with Crippen LogP contribution in [0.4, 0.5) is 0 Å². The molecule has 0 fully saturated rings. The Balaban J connectivity index is 2.18. The number of halogens is 1. The molecule has 1 amide bonds. The predicted molar refractivity (Wildman–Crippen MR) is 84.5 cm³/mol. The minimum atomic E-state index is -0.691. The highest BCUT2D eigenvalue weighted by Gasteiger charge is 2.18. The highest BCUT2D eigenvalue weighted by molar-refractivity contribution is 9.10. The fourth-order valence-electron chi connectivity index (χ4n) is 1.88. The van der Waals surface area contributed by atoms with E-state index in [0.717, 1.165) is 10.0 Å². The van der Waals surface area contributed by atoms with Gasteiger partial charge in [0.25, 0.3) is 5.91 Å². The van der Waals surface area contributed by atoms with E-state index in [1.54, 1.807) is 12.1 Å². The molecule has 0 saturated heterocycles. The van der Waals surface area contributed by atoms with Crippen LogP contribution in [0.25, 0.3) is 0 Å². The van der Waals surface area contributed by atoms with Crippen LogP contribution in [0.3, 0.4) is 0 Å². The van der Waals surface area contributed by atoms with Crippen LogP contribution < -0.4 is 10.6 Å². The van der Waals surface area contributed by atoms with Crippen molar-refractivity contribution in [3.05, 3.63) is 63.6 Å². The molecule has 2 N–H and O–H groups in total. The summed E-state index contributed by atoms with van der Waals surface area (Å²) in [5.41, 5.74) is 6.51. The van der Waals surface area contributed by atoms with Gasteiger partial charge in [0.05, 0.1) is 11.1 Å². The van der Waals surface area contributed by atoms with Gasteiger partial charge < -0.3 is 10.6 Å². The molecule has 5 nitrogen and oxygen atoms in total. The van der Waals surface area contributed by atoms with Gasteiger partial charge in [-0.05, 0) is 36.8 Å². The first-order valence-electron chi connectivity index (χ1n) is 6.46. The molecule has 0 atom stereocenters. The third-order valence-corrected chi connectivity index (χ3v) is 3.41. The van der Waals surface area contributed by atoms with Crippen LogP contribution in [0.1, 0.15) is 33.2 Å². The van der Waals surface area contributed by atoms with E-state index in [9.17, 15) is 9.59 Å². The van der Waals surface area contributed by atoms with Crippen molar-refractivity contribution in [2.75, 3.05) is 0 Å². The molecule has 0 bridgehead atoms. The van der Waals surface area contributed by atoms with Gasteiger partial charge in [-0.1, -0.05) is 34.1 Å². The summed E-state index contributed by atoms with van der Waals surface area (Å²) in [4.78, 5) is 33.4. The average Bonchev–Trinajstić information content (AvgIpc) is 2.47. The number of carbonyl (C=O) groups excluding carboxylic acids is 2. The van der Waals surface area contributed by atoms with Crippen molar-refractivity contribution in [1.29, 1.82) is 0 Å². The highest BCUT2D eigenvalue weighted by atomic mass is 79.9. The molecule has 0 heterocycles. The lowest BCUT2D eigenvalue weighted by atomic mass is 10.1. The Morgan fingerprint density at radius 3 is 2.45 bits per heavy atom. The van der Waals surface area contributed by atoms with Crippen molar-refractivity contribution < 1.29 is 19.4 Å². The van der Waals surface area contributed by atoms with E-state index >= 15 is 0 Å². The van der Waals surface area contributed by atoms with Gasteiger partial charge in [0, 0.05) is 4.47 Å². The van der Waals surface area contributed by atoms with Gasteiger partial charge in [-0.2, -0.15) is 4.89 Å². The summed E-state index contributed by atoms with van der Waals surface area (Å²) >= 11 is 3.36. The number of ketones is 1. The van der Waals surface area contributed by atoms with E-state index in [0.29, 0.717) is 0 Å². The van der Waals surface area contributed by atoms with Crippen LogP contribution in [-0.4, -0.2) is 11.7 Å². The maximum absolute atomic E-state index is 11.6. The third-order valence-electron chi connectivity index (χ3n) is 2.92. The minimum Gasteiger partial charge on any atom is -0.365 e. The van der Waals surface area contributed by atoms with E-state index in [4.69, 9.17) is 15.5 Å². The zero-order valence-electron chi connectivity index (χ0n) is 11.8. The fourth-order valence-corrected chi connectivity index (χ4v) is 2.33. The number of Topliss-reactive ketones (excluding diaryl/α,β-unsaturated/α-hetero) is 1. The van der Waals surface area contributed by atoms with E-state index in [1.165, 1.54) is 13.0 Å². The fraction of sp³-hybridized carbons (Fsp3) is 0.125. The van der Waals surface area contributed by atoms with Gasteiger partial charge in [0.2, 0.25) is 0 Å². The van der Waals surface area contributed by atoms with Crippen molar-refractivity contribution in [3.8, 4) is 5.75 Å². The van der Waals surface area contributed by atoms with E-state index in [1.807, 2.05) is 24.3 Å². The number of primary amides is 1. The van der Waals surface area contributed by atoms with Crippen molar-refractivity contribution in [2.24, 2.45) is 5.73 Å². The van der Waals surface area contributed by atoms with Gasteiger partial charge >= 0.3 is 0 Å². The monoisotopic (exact) mass is 363 g/mol. The molecular weight excluding hydrogens is 350 g/mol. The molecular formula is C16H14BrNO4. The number of para-hydroxylation sites is 1. The Bertz CT molecular complexity index is 683. The quantitative estimate of drug-likeness (QED) is 0.485. The van der Waals surface area contributed by atoms with Crippen molar-refractivity contribution in [2.45, 2.75) is 13.5 Å². The van der Waals surface area contributed by atoms with Crippen LogP contribution in [0.5, 0.6) is 5.75 Å². The predicted octanol–water partition coefficient (Wildman–Crippen LogP) is 3.26. The first kappa shape index (κ1) is 16.2. The summed E-state index contributed by atoms with van der Waals surface area (Å²) in [5, 5.41) is 0. The number of hydrogen-bond donors (Lipinski definition) is 1. The molecule has 0 saturated carbocycles. The van der Waals surface area contributed by atoms with Gasteiger partial charge in [-0.3, -0.25) is 9.59 Å². The van der Waals surface area contributed by atoms with Crippen LogP contribution in [0, 0.1) is 0 Å². The Labute approximate surface area is 136 Å². The summed E-state index contributed by atoms with van der Waals surface area (Å²) < 4.78 is 0.913. The van der Waals surface area contributed by atoms with Crippen LogP contribution in [-0.2, 0) is 11.5 Å². The maximum Gasteiger partial charge on any atom is 0.252 e. The molecule has 6 heteroatoms. The summed E-state index contributed by atoms with van der Waals surface area (Å²) in [5.74, 6) is -0.897. The Morgan fingerprint density at radius 2 is 1.82 bits per heavy atom. The molecule has 0 unspecified atom stereocenters. The second-order valence-electron chi connectivity index (χ2n) is 4.58. The Hall–Kier alpha value is -2.18. The first-order chi connectivity index (χ1) is 10.5. The number of nitrogens with two attached hydrogens (primary N) is 1. The number of benzene rings is 2. The summed E-state index contributed by atoms with van der Waals surface area (Å²) in [6.07, 6.45) is 0. The lowest BCUT2D eigenvalue weighted by Crippen LogP contribution is -2.15. The Morgan fingerprint density at radius 1 is 1.14 bits per heavy atom. The van der Waals surface area contributed by atoms with Gasteiger partial charge in [-0.15, -0.1) is 0 Å². The number of carbonyl (C=O) groups is 2. The average molecular weight is 364 g/mol. The largest absolute Gasteiger partial charge is 0.365 e. The summed E-state index contributed by atoms with van der Waals surface area (Å²) in [7, 11) is 0. The van der Waals surface area contributed by atoms with Gasteiger partial charge in [0.1, 0.15) is 6.61 Å². The zero-order valence-corrected chi connectivity index (χ0v) is 13.4. The second-order valence-corrected chi connectivity index (χ2v) is 5.49. The summed E-state index contributed by atoms with van der Waals surface area (Å²) in [6, 6.07) is 12.1. The topological polar surface area (TPSA) is 78.6 Å². The molecule has 2 aromatic carbocycles. The molecule has 0 aliphatic rings. The standard InChI is InChI=1S/C16H14BrNO4/c1-10(19)13-6-3-7-14(16(18)20)15(13)22-21-9-11-4-2-5-12(17)8-11/h2-8H,9H2,1H3,(H2,18,20). The van der Waals surface area contributed by atoms with E-state index in [2.05, 4.69) is 15.9 Å². The van der Waals surface area contributed by atoms with Gasteiger partial charge in [0.15, 0.2) is 11.5 Å². The molecule has 2 rings (SSSR count). The number of rotatable bonds is 6. The van der Waals surface area contributed by atoms with Crippen molar-refractivity contribution in [3.63, 3.8) is 0 Å². The smallest absolute Gasteiger partial charge is 0.252 e. The molecule has 0 aromatic heterocycles. The number of hydrogen-bond acceptors (Lipinski definition) is 4. The van der Waals surface area contributed by atoms with Crippen molar-refractivity contribution >= 4 is 27.6 Å². The van der Waals surface area contributed by atoms with Crippen LogP contribution >= 0.6 is 15.9 Å². The number of amides is 1.